The van der Waals surface area contributed by atoms with Gasteiger partial charge < -0.3 is 10.6 Å². The zero-order valence-corrected chi connectivity index (χ0v) is 9.65. The van der Waals surface area contributed by atoms with Crippen LogP contribution in [0.5, 0.6) is 0 Å². The van der Waals surface area contributed by atoms with E-state index in [0.29, 0.717) is 19.5 Å². The van der Waals surface area contributed by atoms with Crippen LogP contribution in [0.3, 0.4) is 0 Å². The van der Waals surface area contributed by atoms with Crippen molar-refractivity contribution in [1.29, 1.82) is 0 Å². The molecule has 0 aliphatic rings. The van der Waals surface area contributed by atoms with E-state index in [1.165, 1.54) is 0 Å². The molecule has 2 N–H and O–H groups in total. The van der Waals surface area contributed by atoms with E-state index >= 15 is 0 Å². The summed E-state index contributed by atoms with van der Waals surface area (Å²) in [6.45, 7) is 0.973. The van der Waals surface area contributed by atoms with E-state index < -0.39 is 10.7 Å². The van der Waals surface area contributed by atoms with Crippen molar-refractivity contribution in [3.8, 4) is 0 Å². The van der Waals surface area contributed by atoms with Crippen molar-refractivity contribution in [2.24, 2.45) is 0 Å². The fourth-order valence-electron chi connectivity index (χ4n) is 0.754. The van der Waals surface area contributed by atoms with Crippen LogP contribution in [0.4, 0.5) is 4.79 Å². The van der Waals surface area contributed by atoms with Gasteiger partial charge in [0, 0.05) is 18.8 Å². The third-order valence-electron chi connectivity index (χ3n) is 1.42. The third-order valence-corrected chi connectivity index (χ3v) is 2.42. The molecule has 0 aliphatic heterocycles. The molecule has 0 rings (SSSR count). The number of carbonyl (C=O) groups excluding carboxylic acids is 1. The van der Waals surface area contributed by atoms with Gasteiger partial charge in [-0.05, 0) is 18.6 Å². The maximum absolute atomic E-state index is 11.0. The minimum Gasteiger partial charge on any atom is -0.338 e. The molecule has 7 heteroatoms. The second-order valence-electron chi connectivity index (χ2n) is 2.67. The summed E-state index contributed by atoms with van der Waals surface area (Å²) in [5.41, 5.74) is 0. The van der Waals surface area contributed by atoms with E-state index in [4.69, 9.17) is 0 Å². The number of hydrogen-bond donors (Lipinski definition) is 4. The standard InChI is InChI=1S/C7H16N2O3S2/c10-7(8-3-1-5-13)9-4-2-6-14(11)12/h13-14H,1-6H2,(H2,8,9,10). The van der Waals surface area contributed by atoms with Crippen LogP contribution >= 0.6 is 12.6 Å². The van der Waals surface area contributed by atoms with Crippen LogP contribution in [0.1, 0.15) is 12.8 Å². The first-order valence-corrected chi connectivity index (χ1v) is 6.40. The van der Waals surface area contributed by atoms with Gasteiger partial charge in [-0.25, -0.2) is 13.2 Å². The zero-order valence-electron chi connectivity index (χ0n) is 7.86. The molecule has 14 heavy (non-hydrogen) atoms. The van der Waals surface area contributed by atoms with Gasteiger partial charge in [0.1, 0.15) is 10.7 Å². The molecule has 5 nitrogen and oxygen atoms in total. The molecule has 0 aromatic carbocycles. The maximum Gasteiger partial charge on any atom is 0.314 e. The van der Waals surface area contributed by atoms with E-state index in [1.54, 1.807) is 0 Å². The second-order valence-corrected chi connectivity index (χ2v) is 4.23. The minimum absolute atomic E-state index is 0.117. The van der Waals surface area contributed by atoms with Crippen LogP contribution in [-0.2, 0) is 10.7 Å². The van der Waals surface area contributed by atoms with Gasteiger partial charge in [0.25, 0.3) is 0 Å². The molecule has 0 saturated carbocycles. The first-order valence-electron chi connectivity index (χ1n) is 4.41. The van der Waals surface area contributed by atoms with Gasteiger partial charge in [0.2, 0.25) is 0 Å². The number of nitrogens with one attached hydrogen (secondary N) is 2. The Morgan fingerprint density at radius 3 is 2.21 bits per heavy atom. The van der Waals surface area contributed by atoms with Gasteiger partial charge in [-0.15, -0.1) is 0 Å². The van der Waals surface area contributed by atoms with Crippen LogP contribution in [-0.4, -0.2) is 39.0 Å². The first kappa shape index (κ1) is 13.6. The Labute approximate surface area is 91.0 Å². The summed E-state index contributed by atoms with van der Waals surface area (Å²) in [6.07, 6.45) is 1.28. The molecule has 0 unspecified atom stereocenters. The van der Waals surface area contributed by atoms with Gasteiger partial charge in [0.05, 0.1) is 0 Å². The molecule has 0 saturated heterocycles. The predicted molar refractivity (Wildman–Crippen MR) is 59.7 cm³/mol. The number of amides is 2. The van der Waals surface area contributed by atoms with Gasteiger partial charge in [-0.1, -0.05) is 0 Å². The Balaban J connectivity index is 3.26. The summed E-state index contributed by atoms with van der Waals surface area (Å²) in [5, 5.41) is 5.18. The topological polar surface area (TPSA) is 75.3 Å². The summed E-state index contributed by atoms with van der Waals surface area (Å²) >= 11 is 3.99. The Hall–Kier alpha value is -0.430. The lowest BCUT2D eigenvalue weighted by Gasteiger charge is -2.05. The minimum atomic E-state index is -2.33. The monoisotopic (exact) mass is 240 g/mol. The molecule has 0 aromatic heterocycles. The molecular formula is C7H16N2O3S2. The fourth-order valence-corrected chi connectivity index (χ4v) is 1.33. The van der Waals surface area contributed by atoms with Crippen molar-refractivity contribution in [2.45, 2.75) is 12.8 Å². The highest BCUT2D eigenvalue weighted by atomic mass is 32.2. The first-order chi connectivity index (χ1) is 6.66. The number of thiol groups is 2. The maximum atomic E-state index is 11.0. The zero-order chi connectivity index (χ0) is 10.8. The molecule has 0 atom stereocenters. The van der Waals surface area contributed by atoms with Crippen molar-refractivity contribution < 1.29 is 13.2 Å². The van der Waals surface area contributed by atoms with E-state index in [9.17, 15) is 13.2 Å². The average molecular weight is 240 g/mol. The molecule has 0 bridgehead atoms. The van der Waals surface area contributed by atoms with Crippen LogP contribution in [0.25, 0.3) is 0 Å². The largest absolute Gasteiger partial charge is 0.338 e. The van der Waals surface area contributed by atoms with Crippen LogP contribution in [0.2, 0.25) is 0 Å². The SMILES string of the molecule is O=C(NCCCS)NCCC[SH](=O)=O. The quantitative estimate of drug-likeness (QED) is 0.361. The highest BCUT2D eigenvalue weighted by Crippen LogP contribution is 1.81. The molecule has 0 aliphatic carbocycles. The molecule has 2 amide bonds. The van der Waals surface area contributed by atoms with E-state index in [0.717, 1.165) is 12.2 Å². The molecule has 0 fully saturated rings. The Morgan fingerprint density at radius 2 is 1.71 bits per heavy atom. The summed E-state index contributed by atoms with van der Waals surface area (Å²) < 4.78 is 20.3. The fraction of sp³-hybridized carbons (Fsp3) is 0.857. The van der Waals surface area contributed by atoms with E-state index in [1.807, 2.05) is 0 Å². The molecule has 0 spiro atoms. The smallest absolute Gasteiger partial charge is 0.314 e. The summed E-state index contributed by atoms with van der Waals surface area (Å²) in [5.74, 6) is 0.850. The third kappa shape index (κ3) is 9.66. The molecule has 0 radical (unpaired) electrons. The predicted octanol–water partition coefficient (Wildman–Crippen LogP) is -0.393. The number of carbonyl (C=O) groups is 1. The number of rotatable bonds is 7. The lowest BCUT2D eigenvalue weighted by molar-refractivity contribution is 0.241. The summed E-state index contributed by atoms with van der Waals surface area (Å²) in [7, 11) is -2.33. The van der Waals surface area contributed by atoms with Crippen molar-refractivity contribution in [2.75, 3.05) is 24.6 Å². The van der Waals surface area contributed by atoms with Crippen molar-refractivity contribution >= 4 is 29.4 Å². The van der Waals surface area contributed by atoms with Gasteiger partial charge in [-0.3, -0.25) is 0 Å². The Kier molecular flexibility index (Phi) is 8.86. The number of urea groups is 1. The van der Waals surface area contributed by atoms with Crippen molar-refractivity contribution in [1.82, 2.24) is 10.6 Å². The average Bonchev–Trinajstić information content (AvgIpc) is 2.13. The van der Waals surface area contributed by atoms with E-state index in [-0.39, 0.29) is 11.8 Å². The Morgan fingerprint density at radius 1 is 1.14 bits per heavy atom. The lowest BCUT2D eigenvalue weighted by atomic mass is 10.4. The molecule has 84 valence electrons. The molecule has 0 aromatic rings. The highest BCUT2D eigenvalue weighted by molar-refractivity contribution is 7.80. The Bertz CT molecular complexity index is 223. The second kappa shape index (κ2) is 9.14. The van der Waals surface area contributed by atoms with Crippen LogP contribution in [0, 0.1) is 0 Å². The van der Waals surface area contributed by atoms with Gasteiger partial charge in [0.15, 0.2) is 0 Å². The molecular weight excluding hydrogens is 224 g/mol. The van der Waals surface area contributed by atoms with Crippen molar-refractivity contribution in [3.05, 3.63) is 0 Å². The number of hydrogen-bond acceptors (Lipinski definition) is 4. The van der Waals surface area contributed by atoms with Crippen molar-refractivity contribution in [3.63, 3.8) is 0 Å². The molecule has 0 heterocycles. The lowest BCUT2D eigenvalue weighted by Crippen LogP contribution is -2.36. The van der Waals surface area contributed by atoms with Gasteiger partial charge in [-0.2, -0.15) is 12.6 Å². The highest BCUT2D eigenvalue weighted by Gasteiger charge is 1.97. The van der Waals surface area contributed by atoms with Crippen LogP contribution in [0.15, 0.2) is 0 Å². The van der Waals surface area contributed by atoms with Crippen LogP contribution < -0.4 is 10.6 Å². The summed E-state index contributed by atoms with van der Waals surface area (Å²) in [4.78, 5) is 11.0. The van der Waals surface area contributed by atoms with Gasteiger partial charge >= 0.3 is 6.03 Å². The summed E-state index contributed by atoms with van der Waals surface area (Å²) in [6, 6.07) is -0.257. The van der Waals surface area contributed by atoms with E-state index in [2.05, 4.69) is 23.3 Å². The normalized spacial score (nSPS) is 10.1.